The molecule has 0 fully saturated rings. The molecular formula is C20H16ClN3O4S. The van der Waals surface area contributed by atoms with Gasteiger partial charge in [0, 0.05) is 12.1 Å². The molecule has 1 amide bonds. The van der Waals surface area contributed by atoms with Crippen molar-refractivity contribution in [1.82, 2.24) is 9.55 Å². The number of nitrogens with zero attached hydrogens (tertiary/aromatic N) is 2. The van der Waals surface area contributed by atoms with Gasteiger partial charge in [0.25, 0.3) is 5.91 Å². The Labute approximate surface area is 171 Å². The predicted molar refractivity (Wildman–Crippen MR) is 110 cm³/mol. The molecule has 0 atom stereocenters. The molecule has 1 N–H and O–H groups in total. The van der Waals surface area contributed by atoms with Crippen molar-refractivity contribution < 1.29 is 17.6 Å². The quantitative estimate of drug-likeness (QED) is 0.516. The van der Waals surface area contributed by atoms with Crippen LogP contribution >= 0.6 is 11.6 Å². The number of carbonyl (C=O) groups excluding carboxylic acids is 1. The summed E-state index contributed by atoms with van der Waals surface area (Å²) in [6.07, 6.45) is 0. The highest BCUT2D eigenvalue weighted by molar-refractivity contribution is 7.90. The number of sulfone groups is 1. The van der Waals surface area contributed by atoms with E-state index >= 15 is 0 Å². The first-order valence-corrected chi connectivity index (χ1v) is 10.7. The predicted octanol–water partition coefficient (Wildman–Crippen LogP) is 4.05. The minimum absolute atomic E-state index is 0.00616. The van der Waals surface area contributed by atoms with Crippen LogP contribution in [-0.2, 0) is 22.6 Å². The number of fused-ring (bicyclic) bond motifs is 1. The summed E-state index contributed by atoms with van der Waals surface area (Å²) in [6.45, 7) is 0. The van der Waals surface area contributed by atoms with Gasteiger partial charge < -0.3 is 8.98 Å². The van der Waals surface area contributed by atoms with Crippen LogP contribution in [0.5, 0.6) is 0 Å². The highest BCUT2D eigenvalue weighted by atomic mass is 35.5. The Morgan fingerprint density at radius 3 is 2.66 bits per heavy atom. The number of furan rings is 1. The Morgan fingerprint density at radius 2 is 1.90 bits per heavy atom. The third-order valence-electron chi connectivity index (χ3n) is 4.39. The van der Waals surface area contributed by atoms with E-state index in [0.717, 1.165) is 5.52 Å². The fourth-order valence-electron chi connectivity index (χ4n) is 2.92. The number of anilines is 1. The van der Waals surface area contributed by atoms with Gasteiger partial charge in [-0.25, -0.2) is 13.4 Å². The van der Waals surface area contributed by atoms with Crippen molar-refractivity contribution in [1.29, 1.82) is 0 Å². The highest BCUT2D eigenvalue weighted by Gasteiger charge is 2.20. The molecule has 7 nitrogen and oxygen atoms in total. The fourth-order valence-corrected chi connectivity index (χ4v) is 4.36. The van der Waals surface area contributed by atoms with Crippen LogP contribution in [0.2, 0.25) is 5.02 Å². The SMILES string of the molecule is Cn1c(NC(=O)c2ccc(CS(=O)(=O)c3ccccc3)o2)nc2cc(Cl)ccc21. The van der Waals surface area contributed by atoms with E-state index in [0.29, 0.717) is 16.5 Å². The van der Waals surface area contributed by atoms with Gasteiger partial charge in [-0.2, -0.15) is 0 Å². The average Bonchev–Trinajstić information content (AvgIpc) is 3.27. The number of aromatic nitrogens is 2. The number of nitrogens with one attached hydrogen (secondary N) is 1. The highest BCUT2D eigenvalue weighted by Crippen LogP contribution is 2.23. The average molecular weight is 430 g/mol. The maximum Gasteiger partial charge on any atom is 0.293 e. The molecule has 0 aliphatic rings. The van der Waals surface area contributed by atoms with Gasteiger partial charge in [0.1, 0.15) is 11.5 Å². The van der Waals surface area contributed by atoms with Crippen LogP contribution in [0.3, 0.4) is 0 Å². The van der Waals surface area contributed by atoms with Crippen molar-refractivity contribution in [2.75, 3.05) is 5.32 Å². The van der Waals surface area contributed by atoms with E-state index in [9.17, 15) is 13.2 Å². The zero-order valence-corrected chi connectivity index (χ0v) is 16.9. The second kappa shape index (κ2) is 7.38. The molecule has 0 bridgehead atoms. The third kappa shape index (κ3) is 3.90. The molecule has 4 rings (SSSR count). The molecular weight excluding hydrogens is 414 g/mol. The Hall–Kier alpha value is -3.10. The van der Waals surface area contributed by atoms with Gasteiger partial charge in [-0.15, -0.1) is 0 Å². The number of halogens is 1. The first-order valence-electron chi connectivity index (χ1n) is 8.63. The second-order valence-electron chi connectivity index (χ2n) is 6.42. The molecule has 0 aliphatic heterocycles. The smallest absolute Gasteiger partial charge is 0.293 e. The summed E-state index contributed by atoms with van der Waals surface area (Å²) in [5.41, 5.74) is 1.45. The van der Waals surface area contributed by atoms with Crippen molar-refractivity contribution in [2.24, 2.45) is 7.05 Å². The summed E-state index contributed by atoms with van der Waals surface area (Å²) in [5.74, 6) is -0.376. The molecule has 4 aromatic rings. The van der Waals surface area contributed by atoms with Crippen LogP contribution in [0.4, 0.5) is 5.95 Å². The lowest BCUT2D eigenvalue weighted by Crippen LogP contribution is -2.14. The van der Waals surface area contributed by atoms with Gasteiger partial charge in [-0.3, -0.25) is 10.1 Å². The molecule has 0 unspecified atom stereocenters. The number of carbonyl (C=O) groups is 1. The van der Waals surface area contributed by atoms with E-state index in [1.807, 2.05) is 0 Å². The van der Waals surface area contributed by atoms with E-state index in [1.165, 1.54) is 24.3 Å². The number of hydrogen-bond acceptors (Lipinski definition) is 5. The third-order valence-corrected chi connectivity index (χ3v) is 6.28. The molecule has 0 spiro atoms. The molecule has 29 heavy (non-hydrogen) atoms. The van der Waals surface area contributed by atoms with Gasteiger partial charge in [0.15, 0.2) is 15.6 Å². The molecule has 2 aromatic heterocycles. The molecule has 2 heterocycles. The van der Waals surface area contributed by atoms with Crippen molar-refractivity contribution >= 4 is 44.3 Å². The summed E-state index contributed by atoms with van der Waals surface area (Å²) >= 11 is 5.98. The van der Waals surface area contributed by atoms with Crippen LogP contribution in [0, 0.1) is 0 Å². The van der Waals surface area contributed by atoms with Crippen LogP contribution in [0.15, 0.2) is 70.0 Å². The molecule has 148 valence electrons. The van der Waals surface area contributed by atoms with Crippen LogP contribution < -0.4 is 5.32 Å². The largest absolute Gasteiger partial charge is 0.455 e. The molecule has 0 aliphatic carbocycles. The van der Waals surface area contributed by atoms with Crippen molar-refractivity contribution in [3.05, 3.63) is 77.2 Å². The number of benzene rings is 2. The van der Waals surface area contributed by atoms with E-state index in [4.69, 9.17) is 16.0 Å². The molecule has 0 saturated heterocycles. The number of rotatable bonds is 5. The minimum atomic E-state index is -3.57. The van der Waals surface area contributed by atoms with E-state index in [2.05, 4.69) is 10.3 Å². The summed E-state index contributed by atoms with van der Waals surface area (Å²) in [4.78, 5) is 17.1. The zero-order chi connectivity index (χ0) is 20.6. The summed E-state index contributed by atoms with van der Waals surface area (Å²) in [5, 5.41) is 3.22. The first-order chi connectivity index (χ1) is 13.8. The van der Waals surface area contributed by atoms with Gasteiger partial charge in [0.2, 0.25) is 5.95 Å². The minimum Gasteiger partial charge on any atom is -0.455 e. The zero-order valence-electron chi connectivity index (χ0n) is 15.3. The van der Waals surface area contributed by atoms with Crippen molar-refractivity contribution in [3.8, 4) is 0 Å². The van der Waals surface area contributed by atoms with Gasteiger partial charge >= 0.3 is 0 Å². The normalized spacial score (nSPS) is 11.7. The fraction of sp³-hybridized carbons (Fsp3) is 0.100. The molecule has 9 heteroatoms. The van der Waals surface area contributed by atoms with Crippen LogP contribution in [0.25, 0.3) is 11.0 Å². The maximum absolute atomic E-state index is 12.5. The lowest BCUT2D eigenvalue weighted by Gasteiger charge is -2.04. The van der Waals surface area contributed by atoms with Crippen LogP contribution in [0.1, 0.15) is 16.3 Å². The Morgan fingerprint density at radius 1 is 1.14 bits per heavy atom. The van der Waals surface area contributed by atoms with Gasteiger partial charge in [0.05, 0.1) is 15.9 Å². The van der Waals surface area contributed by atoms with Crippen LogP contribution in [-0.4, -0.2) is 23.9 Å². The Bertz CT molecular complexity index is 1310. The number of imidazole rings is 1. The summed E-state index contributed by atoms with van der Waals surface area (Å²) < 4.78 is 32.1. The molecule has 0 saturated carbocycles. The second-order valence-corrected chi connectivity index (χ2v) is 8.85. The van der Waals surface area contributed by atoms with E-state index < -0.39 is 15.7 Å². The van der Waals surface area contributed by atoms with Gasteiger partial charge in [-0.05, 0) is 42.5 Å². The lowest BCUT2D eigenvalue weighted by atomic mass is 10.3. The Kier molecular flexibility index (Phi) is 4.89. The molecule has 2 aromatic carbocycles. The summed E-state index contributed by atoms with van der Waals surface area (Å²) in [7, 11) is -1.80. The Balaban J connectivity index is 1.53. The van der Waals surface area contributed by atoms with Crippen molar-refractivity contribution in [2.45, 2.75) is 10.6 Å². The first kappa shape index (κ1) is 19.2. The number of aryl methyl sites for hydroxylation is 1. The topological polar surface area (TPSA) is 94.2 Å². The van der Waals surface area contributed by atoms with Gasteiger partial charge in [-0.1, -0.05) is 29.8 Å². The van der Waals surface area contributed by atoms with E-state index in [-0.39, 0.29) is 22.2 Å². The number of hydrogen-bond donors (Lipinski definition) is 1. The van der Waals surface area contributed by atoms with Crippen molar-refractivity contribution in [3.63, 3.8) is 0 Å². The molecule has 0 radical (unpaired) electrons. The number of amides is 1. The summed E-state index contributed by atoms with van der Waals surface area (Å²) in [6, 6.07) is 16.2. The maximum atomic E-state index is 12.5. The van der Waals surface area contributed by atoms with E-state index in [1.54, 1.807) is 48.0 Å². The lowest BCUT2D eigenvalue weighted by molar-refractivity contribution is 0.0994. The monoisotopic (exact) mass is 429 g/mol. The standard InChI is InChI=1S/C20H16ClN3O4S/c1-24-17-9-7-13(21)11-16(17)22-20(24)23-19(25)18-10-8-14(28-18)12-29(26,27)15-5-3-2-4-6-15/h2-11H,12H2,1H3,(H,22,23,25).